The van der Waals surface area contributed by atoms with Crippen molar-refractivity contribution in [2.75, 3.05) is 19.8 Å². The highest BCUT2D eigenvalue weighted by Gasteiger charge is 2.20. The second kappa shape index (κ2) is 24.8. The summed E-state index contributed by atoms with van der Waals surface area (Å²) in [6, 6.07) is 21.7. The standard InChI is InChI=1S/2C15H16O3.C13H12O3/c1-4-9-18-14-7-5-13(6-8-14)10-15(11(2)16)12(3)17;1-4-8-18-14-7-5-6-13(9-14)10-15(11(2)16)12(3)17;1-2-7-16-13-6-4-3-5-12(13)8-11(9-14)10-15/h1,5-8,15H,9-10H2,2-3H3;1,5-7,9,15H,8,10H2,2-3H3;1,3-6,9-11H,7-8H2. The van der Waals surface area contributed by atoms with E-state index in [0.29, 0.717) is 49.1 Å². The molecule has 0 amide bonds. The maximum atomic E-state index is 11.4. The number of ether oxygens (including phenoxy) is 3. The Hall–Kier alpha value is -6.24. The van der Waals surface area contributed by atoms with Gasteiger partial charge in [-0.05, 0) is 94.0 Å². The molecule has 0 aliphatic rings. The predicted octanol–water partition coefficient (Wildman–Crippen LogP) is 5.33. The van der Waals surface area contributed by atoms with Gasteiger partial charge in [-0.1, -0.05) is 60.2 Å². The van der Waals surface area contributed by atoms with Gasteiger partial charge in [0.05, 0.1) is 17.8 Å². The van der Waals surface area contributed by atoms with Gasteiger partial charge >= 0.3 is 0 Å². The lowest BCUT2D eigenvalue weighted by Crippen LogP contribution is -2.21. The molecule has 0 aromatic heterocycles. The second-order valence-corrected chi connectivity index (χ2v) is 11.5. The fourth-order valence-electron chi connectivity index (χ4n) is 4.67. The first-order chi connectivity index (χ1) is 24.9. The largest absolute Gasteiger partial charge is 0.481 e. The van der Waals surface area contributed by atoms with Crippen molar-refractivity contribution < 1.29 is 43.0 Å². The summed E-state index contributed by atoms with van der Waals surface area (Å²) in [6.45, 7) is 6.35. The summed E-state index contributed by atoms with van der Waals surface area (Å²) < 4.78 is 15.8. The maximum absolute atomic E-state index is 11.4. The van der Waals surface area contributed by atoms with Crippen molar-refractivity contribution in [1.29, 1.82) is 0 Å². The molecule has 9 heteroatoms. The Morgan fingerprint density at radius 2 is 1.06 bits per heavy atom. The van der Waals surface area contributed by atoms with Crippen molar-refractivity contribution in [3.63, 3.8) is 0 Å². The van der Waals surface area contributed by atoms with E-state index in [1.54, 1.807) is 30.3 Å². The number of para-hydroxylation sites is 1. The maximum Gasteiger partial charge on any atom is 0.148 e. The average molecular weight is 705 g/mol. The van der Waals surface area contributed by atoms with E-state index in [1.807, 2.05) is 42.5 Å². The van der Waals surface area contributed by atoms with Crippen molar-refractivity contribution in [3.05, 3.63) is 89.5 Å². The Kier molecular flexibility index (Phi) is 20.9. The lowest BCUT2D eigenvalue weighted by atomic mass is 9.92. The highest BCUT2D eigenvalue weighted by molar-refractivity contribution is 6.01. The average Bonchev–Trinajstić information content (AvgIpc) is 3.13. The molecule has 52 heavy (non-hydrogen) atoms. The highest BCUT2D eigenvalue weighted by Crippen LogP contribution is 2.21. The van der Waals surface area contributed by atoms with E-state index < -0.39 is 17.8 Å². The molecular weight excluding hydrogens is 660 g/mol. The number of ketones is 4. The van der Waals surface area contributed by atoms with Gasteiger partial charge in [0.25, 0.3) is 0 Å². The molecule has 3 aromatic rings. The zero-order valence-corrected chi connectivity index (χ0v) is 30.0. The summed E-state index contributed by atoms with van der Waals surface area (Å²) >= 11 is 0. The van der Waals surface area contributed by atoms with Gasteiger partial charge in [-0.3, -0.25) is 19.2 Å². The predicted molar refractivity (Wildman–Crippen MR) is 199 cm³/mol. The first kappa shape index (κ1) is 43.8. The fraction of sp³-hybridized carbons (Fsp3) is 0.302. The highest BCUT2D eigenvalue weighted by atomic mass is 16.5. The van der Waals surface area contributed by atoms with Crippen LogP contribution in [0.1, 0.15) is 44.4 Å². The van der Waals surface area contributed by atoms with Gasteiger partial charge in [0.2, 0.25) is 0 Å². The topological polar surface area (TPSA) is 130 Å². The monoisotopic (exact) mass is 704 g/mol. The molecule has 0 unspecified atom stereocenters. The van der Waals surface area contributed by atoms with Crippen LogP contribution >= 0.6 is 0 Å². The van der Waals surface area contributed by atoms with Crippen LogP contribution in [0.2, 0.25) is 0 Å². The van der Waals surface area contributed by atoms with Gasteiger partial charge in [-0.25, -0.2) is 0 Å². The van der Waals surface area contributed by atoms with Crippen LogP contribution < -0.4 is 14.2 Å². The number of Topliss-reactive ketones (excluding diaryl/α,β-unsaturated/α-hetero) is 4. The van der Waals surface area contributed by atoms with E-state index in [9.17, 15) is 28.8 Å². The number of hydrogen-bond donors (Lipinski definition) is 0. The zero-order chi connectivity index (χ0) is 38.9. The molecule has 270 valence electrons. The molecule has 0 spiro atoms. The minimum atomic E-state index is -0.629. The Bertz CT molecular complexity index is 1730. The Labute approximate surface area is 306 Å². The van der Waals surface area contributed by atoms with Crippen molar-refractivity contribution in [2.24, 2.45) is 17.8 Å². The number of rotatable bonds is 18. The van der Waals surface area contributed by atoms with E-state index in [2.05, 4.69) is 17.8 Å². The molecular formula is C43H44O9. The molecule has 0 radical (unpaired) electrons. The molecule has 3 aromatic carbocycles. The smallest absolute Gasteiger partial charge is 0.148 e. The Balaban J connectivity index is 0.000000391. The zero-order valence-electron chi connectivity index (χ0n) is 30.0. The molecule has 0 saturated heterocycles. The SMILES string of the molecule is C#CCOc1ccc(CC(C(C)=O)C(C)=O)cc1.C#CCOc1cccc(CC(C(C)=O)C(C)=O)c1.C#CCOc1ccccc1CC(C=O)C=O. The van der Waals surface area contributed by atoms with E-state index in [-0.39, 0.29) is 43.0 Å². The van der Waals surface area contributed by atoms with Crippen LogP contribution in [0.3, 0.4) is 0 Å². The minimum Gasteiger partial charge on any atom is -0.481 e. The van der Waals surface area contributed by atoms with Gasteiger partial charge in [0, 0.05) is 0 Å². The summed E-state index contributed by atoms with van der Waals surface area (Å²) in [5, 5.41) is 0. The van der Waals surface area contributed by atoms with Crippen molar-refractivity contribution in [3.8, 4) is 54.3 Å². The third-order valence-electron chi connectivity index (χ3n) is 7.40. The van der Waals surface area contributed by atoms with Crippen LogP contribution in [0.5, 0.6) is 17.2 Å². The number of aldehydes is 2. The van der Waals surface area contributed by atoms with E-state index in [1.165, 1.54) is 27.7 Å². The third-order valence-corrected chi connectivity index (χ3v) is 7.40. The number of terminal acetylenes is 3. The molecule has 0 bridgehead atoms. The lowest BCUT2D eigenvalue weighted by molar-refractivity contribution is -0.131. The van der Waals surface area contributed by atoms with Crippen LogP contribution in [0.25, 0.3) is 0 Å². The number of carbonyl (C=O) groups is 6. The van der Waals surface area contributed by atoms with Gasteiger partial charge in [0.15, 0.2) is 0 Å². The van der Waals surface area contributed by atoms with Gasteiger partial charge in [-0.15, -0.1) is 19.3 Å². The molecule has 0 atom stereocenters. The quantitative estimate of drug-likeness (QED) is 0.0981. The molecule has 0 N–H and O–H groups in total. The summed E-state index contributed by atoms with van der Waals surface area (Å²) in [4.78, 5) is 66.5. The lowest BCUT2D eigenvalue weighted by Gasteiger charge is -2.11. The number of benzene rings is 3. The van der Waals surface area contributed by atoms with Crippen LogP contribution in [0.15, 0.2) is 72.8 Å². The summed E-state index contributed by atoms with van der Waals surface area (Å²) in [7, 11) is 0. The minimum absolute atomic E-state index is 0.102. The van der Waals surface area contributed by atoms with Crippen LogP contribution in [0.4, 0.5) is 0 Å². The van der Waals surface area contributed by atoms with Gasteiger partial charge in [0.1, 0.15) is 72.8 Å². The van der Waals surface area contributed by atoms with Gasteiger partial charge < -0.3 is 23.8 Å². The van der Waals surface area contributed by atoms with Crippen molar-refractivity contribution in [2.45, 2.75) is 47.0 Å². The Morgan fingerprint density at radius 3 is 1.56 bits per heavy atom. The van der Waals surface area contributed by atoms with E-state index in [0.717, 1.165) is 16.7 Å². The van der Waals surface area contributed by atoms with Crippen molar-refractivity contribution >= 4 is 35.7 Å². The van der Waals surface area contributed by atoms with Crippen LogP contribution in [-0.4, -0.2) is 55.5 Å². The second-order valence-electron chi connectivity index (χ2n) is 11.5. The molecule has 0 heterocycles. The first-order valence-electron chi connectivity index (χ1n) is 16.3. The van der Waals surface area contributed by atoms with Crippen molar-refractivity contribution in [1.82, 2.24) is 0 Å². The van der Waals surface area contributed by atoms with E-state index in [4.69, 9.17) is 33.5 Å². The van der Waals surface area contributed by atoms with Crippen LogP contribution in [0, 0.1) is 54.8 Å². The molecule has 0 fully saturated rings. The van der Waals surface area contributed by atoms with Gasteiger partial charge in [-0.2, -0.15) is 0 Å². The van der Waals surface area contributed by atoms with Crippen LogP contribution in [-0.2, 0) is 48.0 Å². The molecule has 9 nitrogen and oxygen atoms in total. The van der Waals surface area contributed by atoms with E-state index >= 15 is 0 Å². The third kappa shape index (κ3) is 16.9. The molecule has 0 aliphatic carbocycles. The first-order valence-corrected chi connectivity index (χ1v) is 16.3. The molecule has 0 aliphatic heterocycles. The summed E-state index contributed by atoms with van der Waals surface area (Å²) in [6.07, 6.45) is 17.7. The summed E-state index contributed by atoms with van der Waals surface area (Å²) in [5.41, 5.74) is 2.63. The Morgan fingerprint density at radius 1 is 0.577 bits per heavy atom. The number of carbonyl (C=O) groups excluding carboxylic acids is 6. The molecule has 0 saturated carbocycles. The normalized spacial score (nSPS) is 9.77. The summed E-state index contributed by atoms with van der Waals surface area (Å²) in [5.74, 6) is 6.89. The molecule has 3 rings (SSSR count). The fourth-order valence-corrected chi connectivity index (χ4v) is 4.67. The number of hydrogen-bond acceptors (Lipinski definition) is 9.